The summed E-state index contributed by atoms with van der Waals surface area (Å²) in [4.78, 5) is 23.4. The topological polar surface area (TPSA) is 64.5 Å². The summed E-state index contributed by atoms with van der Waals surface area (Å²) in [7, 11) is 1.64. The molecule has 0 aliphatic carbocycles. The maximum Gasteiger partial charge on any atom is 0.225 e. The van der Waals surface area contributed by atoms with Crippen LogP contribution in [0.2, 0.25) is 0 Å². The molecule has 6 nitrogen and oxygen atoms in total. The standard InChI is InChI=1S/C22H21N3O3/c1-27-20-6-5-17-12-19(4-3-18(17)13-20)21(26)7-2-16-14-23-22(24-15-16)25-8-10-28-11-9-25/h2-7,12-15H,8-11H2,1H3/b7-2+. The van der Waals surface area contributed by atoms with Gasteiger partial charge in [0.1, 0.15) is 5.75 Å². The number of rotatable bonds is 5. The third-order valence-corrected chi connectivity index (χ3v) is 4.71. The minimum absolute atomic E-state index is 0.0602. The molecule has 2 aromatic carbocycles. The molecule has 1 aromatic heterocycles. The Labute approximate surface area is 163 Å². The molecule has 4 rings (SSSR count). The number of fused-ring (bicyclic) bond motifs is 1. The lowest BCUT2D eigenvalue weighted by Crippen LogP contribution is -2.37. The summed E-state index contributed by atoms with van der Waals surface area (Å²) in [6, 6.07) is 11.4. The van der Waals surface area contributed by atoms with E-state index in [1.807, 2.05) is 36.4 Å². The van der Waals surface area contributed by atoms with Gasteiger partial charge < -0.3 is 14.4 Å². The summed E-state index contributed by atoms with van der Waals surface area (Å²) in [5, 5.41) is 2.03. The highest BCUT2D eigenvalue weighted by Gasteiger charge is 2.13. The first-order valence-corrected chi connectivity index (χ1v) is 9.18. The summed E-state index contributed by atoms with van der Waals surface area (Å²) in [5.74, 6) is 1.43. The highest BCUT2D eigenvalue weighted by molar-refractivity contribution is 6.08. The molecule has 1 saturated heterocycles. The van der Waals surface area contributed by atoms with Crippen molar-refractivity contribution in [2.75, 3.05) is 38.3 Å². The number of hydrogen-bond donors (Lipinski definition) is 0. The first kappa shape index (κ1) is 18.1. The predicted octanol–water partition coefficient (Wildman–Crippen LogP) is 3.37. The van der Waals surface area contributed by atoms with Crippen LogP contribution >= 0.6 is 0 Å². The van der Waals surface area contributed by atoms with E-state index in [1.54, 1.807) is 31.7 Å². The molecule has 0 radical (unpaired) electrons. The number of methoxy groups -OCH3 is 1. The van der Waals surface area contributed by atoms with Gasteiger partial charge in [-0.25, -0.2) is 9.97 Å². The molecule has 1 fully saturated rings. The number of carbonyl (C=O) groups excluding carboxylic acids is 1. The Morgan fingerprint density at radius 2 is 1.79 bits per heavy atom. The third-order valence-electron chi connectivity index (χ3n) is 4.71. The van der Waals surface area contributed by atoms with Gasteiger partial charge in [-0.1, -0.05) is 18.2 Å². The number of ketones is 1. The Morgan fingerprint density at radius 1 is 1.07 bits per heavy atom. The summed E-state index contributed by atoms with van der Waals surface area (Å²) >= 11 is 0. The molecule has 0 amide bonds. The number of benzene rings is 2. The molecule has 1 aliphatic heterocycles. The average molecular weight is 375 g/mol. The van der Waals surface area contributed by atoms with Crippen molar-refractivity contribution in [1.82, 2.24) is 9.97 Å². The van der Waals surface area contributed by atoms with Crippen molar-refractivity contribution in [3.05, 3.63) is 66.0 Å². The molecular weight excluding hydrogens is 354 g/mol. The molecule has 6 heteroatoms. The van der Waals surface area contributed by atoms with Crippen molar-refractivity contribution in [2.24, 2.45) is 0 Å². The second kappa shape index (κ2) is 8.19. The second-order valence-corrected chi connectivity index (χ2v) is 6.54. The first-order valence-electron chi connectivity index (χ1n) is 9.18. The number of morpholine rings is 1. The van der Waals surface area contributed by atoms with Crippen LogP contribution in [0.25, 0.3) is 16.8 Å². The monoisotopic (exact) mass is 375 g/mol. The largest absolute Gasteiger partial charge is 0.497 e. The van der Waals surface area contributed by atoms with Crippen molar-refractivity contribution in [1.29, 1.82) is 0 Å². The Bertz CT molecular complexity index is 1010. The van der Waals surface area contributed by atoms with E-state index in [-0.39, 0.29) is 5.78 Å². The molecule has 3 aromatic rings. The van der Waals surface area contributed by atoms with E-state index in [0.29, 0.717) is 24.7 Å². The first-order chi connectivity index (χ1) is 13.7. The summed E-state index contributed by atoms with van der Waals surface area (Å²) in [6.07, 6.45) is 6.75. The fraction of sp³-hybridized carbons (Fsp3) is 0.227. The van der Waals surface area contributed by atoms with Gasteiger partial charge in [0.2, 0.25) is 5.95 Å². The summed E-state index contributed by atoms with van der Waals surface area (Å²) in [6.45, 7) is 2.97. The van der Waals surface area contributed by atoms with Crippen molar-refractivity contribution in [2.45, 2.75) is 0 Å². The molecule has 0 saturated carbocycles. The molecule has 0 N–H and O–H groups in total. The molecule has 1 aliphatic rings. The molecule has 0 unspecified atom stereocenters. The maximum absolute atomic E-state index is 12.5. The lowest BCUT2D eigenvalue weighted by molar-refractivity contribution is 0.104. The quantitative estimate of drug-likeness (QED) is 0.503. The van der Waals surface area contributed by atoms with E-state index in [4.69, 9.17) is 9.47 Å². The van der Waals surface area contributed by atoms with E-state index in [9.17, 15) is 4.79 Å². The van der Waals surface area contributed by atoms with Gasteiger partial charge in [-0.15, -0.1) is 0 Å². The molecule has 0 spiro atoms. The Balaban J connectivity index is 1.46. The van der Waals surface area contributed by atoms with Gasteiger partial charge in [-0.2, -0.15) is 0 Å². The number of allylic oxidation sites excluding steroid dienone is 1. The number of aromatic nitrogens is 2. The number of ether oxygens (including phenoxy) is 2. The van der Waals surface area contributed by atoms with Crippen LogP contribution < -0.4 is 9.64 Å². The maximum atomic E-state index is 12.5. The second-order valence-electron chi connectivity index (χ2n) is 6.54. The fourth-order valence-electron chi connectivity index (χ4n) is 3.12. The van der Waals surface area contributed by atoms with Gasteiger partial charge in [-0.3, -0.25) is 4.79 Å². The molecule has 0 atom stereocenters. The highest BCUT2D eigenvalue weighted by atomic mass is 16.5. The normalized spacial score (nSPS) is 14.5. The van der Waals surface area contributed by atoms with Gasteiger partial charge in [0.05, 0.1) is 20.3 Å². The molecule has 0 bridgehead atoms. The number of carbonyl (C=O) groups is 1. The zero-order valence-electron chi connectivity index (χ0n) is 15.7. The van der Waals surface area contributed by atoms with Gasteiger partial charge in [0, 0.05) is 36.6 Å². The van der Waals surface area contributed by atoms with Crippen LogP contribution in [0, 0.1) is 0 Å². The van der Waals surface area contributed by atoms with Crippen LogP contribution in [0.15, 0.2) is 54.9 Å². The number of hydrogen-bond acceptors (Lipinski definition) is 6. The zero-order chi connectivity index (χ0) is 19.3. The lowest BCUT2D eigenvalue weighted by atomic mass is 10.0. The Hall–Kier alpha value is -3.25. The van der Waals surface area contributed by atoms with Crippen molar-refractivity contribution >= 4 is 28.6 Å². The van der Waals surface area contributed by atoms with Crippen molar-refractivity contribution in [3.63, 3.8) is 0 Å². The predicted molar refractivity (Wildman–Crippen MR) is 109 cm³/mol. The highest BCUT2D eigenvalue weighted by Crippen LogP contribution is 2.22. The van der Waals surface area contributed by atoms with Crippen LogP contribution in [-0.4, -0.2) is 49.2 Å². The van der Waals surface area contributed by atoms with E-state index in [1.165, 1.54) is 0 Å². The van der Waals surface area contributed by atoms with Crippen LogP contribution in [-0.2, 0) is 4.74 Å². The van der Waals surface area contributed by atoms with Gasteiger partial charge in [-0.05, 0) is 41.1 Å². The lowest BCUT2D eigenvalue weighted by Gasteiger charge is -2.26. The van der Waals surface area contributed by atoms with E-state index < -0.39 is 0 Å². The van der Waals surface area contributed by atoms with Crippen LogP contribution in [0.3, 0.4) is 0 Å². The third kappa shape index (κ3) is 4.02. The van der Waals surface area contributed by atoms with Crippen LogP contribution in [0.5, 0.6) is 5.75 Å². The summed E-state index contributed by atoms with van der Waals surface area (Å²) < 4.78 is 10.6. The zero-order valence-corrected chi connectivity index (χ0v) is 15.7. The fourth-order valence-corrected chi connectivity index (χ4v) is 3.12. The van der Waals surface area contributed by atoms with Crippen LogP contribution in [0.4, 0.5) is 5.95 Å². The molecule has 2 heterocycles. The Morgan fingerprint density at radius 3 is 2.54 bits per heavy atom. The number of nitrogens with zero attached hydrogens (tertiary/aromatic N) is 3. The minimum atomic E-state index is -0.0602. The molecule has 28 heavy (non-hydrogen) atoms. The van der Waals surface area contributed by atoms with Gasteiger partial charge in [0.25, 0.3) is 0 Å². The van der Waals surface area contributed by atoms with Gasteiger partial charge in [0.15, 0.2) is 5.78 Å². The summed E-state index contributed by atoms with van der Waals surface area (Å²) in [5.41, 5.74) is 1.43. The van der Waals surface area contributed by atoms with Crippen molar-refractivity contribution < 1.29 is 14.3 Å². The smallest absolute Gasteiger partial charge is 0.225 e. The molecular formula is C22H21N3O3. The van der Waals surface area contributed by atoms with Gasteiger partial charge >= 0.3 is 0 Å². The minimum Gasteiger partial charge on any atom is -0.497 e. The van der Waals surface area contributed by atoms with Crippen LogP contribution in [0.1, 0.15) is 15.9 Å². The van der Waals surface area contributed by atoms with E-state index in [2.05, 4.69) is 14.9 Å². The molecule has 142 valence electrons. The SMILES string of the molecule is COc1ccc2cc(C(=O)/C=C/c3cnc(N4CCOCC4)nc3)ccc2c1. The van der Waals surface area contributed by atoms with Crippen molar-refractivity contribution in [3.8, 4) is 5.75 Å². The van der Waals surface area contributed by atoms with E-state index >= 15 is 0 Å². The van der Waals surface area contributed by atoms with E-state index in [0.717, 1.165) is 35.2 Å². The number of anilines is 1. The average Bonchev–Trinajstić information content (AvgIpc) is 2.77. The Kier molecular flexibility index (Phi) is 5.30.